The van der Waals surface area contributed by atoms with Crippen LogP contribution in [-0.4, -0.2) is 15.5 Å². The second-order valence-corrected chi connectivity index (χ2v) is 0.931. The van der Waals surface area contributed by atoms with Crippen LogP contribution in [0.25, 0.3) is 0 Å². The summed E-state index contributed by atoms with van der Waals surface area (Å²) >= 11 is 2.19. The third kappa shape index (κ3) is 47.9. The zero-order chi connectivity index (χ0) is 3.58. The second-order valence-electron chi connectivity index (χ2n) is 0.253. The van der Waals surface area contributed by atoms with Crippen molar-refractivity contribution in [2.75, 3.05) is 0 Å². The molecule has 0 saturated carbocycles. The molecule has 0 rings (SSSR count). The molecule has 6 heavy (non-hydrogen) atoms. The molecule has 32 valence electrons. The van der Waals surface area contributed by atoms with Gasteiger partial charge in [-0.2, -0.15) is 0 Å². The number of carbonyl (C=O) groups is 1. The molecule has 0 aromatic rings. The third-order valence-corrected chi connectivity index (χ3v) is 0. The van der Waals surface area contributed by atoms with Crippen LogP contribution in [0.2, 0.25) is 0 Å². The number of rotatable bonds is 0. The molecule has 0 aromatic carbocycles. The van der Waals surface area contributed by atoms with E-state index in [0.717, 1.165) is 0 Å². The molecule has 3 nitrogen and oxygen atoms in total. The molecule has 0 heterocycles. The van der Waals surface area contributed by atoms with Gasteiger partial charge in [-0.1, -0.05) is 0 Å². The zero-order valence-electron chi connectivity index (χ0n) is 3.18. The zero-order valence-corrected chi connectivity index (χ0v) is 7.89. The minimum Gasteiger partial charge on any atom is -0.870 e. The second kappa shape index (κ2) is 9.74. The van der Waals surface area contributed by atoms with Gasteiger partial charge in [-0.3, -0.25) is 0 Å². The van der Waals surface area contributed by atoms with E-state index in [1.54, 1.807) is 0 Å². The van der Waals surface area contributed by atoms with Gasteiger partial charge in [0.05, 0.1) is 0 Å². The first-order valence-electron chi connectivity index (χ1n) is 0.617. The molecule has 0 aliphatic heterocycles. The van der Waals surface area contributed by atoms with Gasteiger partial charge >= 0.3 is 56.3 Å². The van der Waals surface area contributed by atoms with Crippen LogP contribution < -0.4 is 51.4 Å². The van der Waals surface area contributed by atoms with Gasteiger partial charge in [0.1, 0.15) is 0 Å². The first kappa shape index (κ1) is 15.6. The monoisotopic (exact) mass is 180 g/mol. The smallest absolute Gasteiger partial charge is 0.870 e. The predicted molar refractivity (Wildman–Crippen MR) is 18.9 cm³/mol. The Morgan fingerprint density at radius 1 is 1.67 bits per heavy atom. The van der Waals surface area contributed by atoms with Crippen molar-refractivity contribution in [2.45, 2.75) is 0 Å². The van der Waals surface area contributed by atoms with Crippen LogP contribution in [-0.2, 0) is 0 Å². The molecule has 0 aliphatic carbocycles. The van der Waals surface area contributed by atoms with E-state index >= 15 is 0 Å². The van der Waals surface area contributed by atoms with Gasteiger partial charge in [-0.15, -0.1) is 0 Å². The fraction of sp³-hybridized carbons (Fsp3) is 0. The van der Waals surface area contributed by atoms with Gasteiger partial charge in [0.2, 0.25) is 0 Å². The molecule has 0 spiro atoms. The van der Waals surface area contributed by atoms with Crippen LogP contribution in [0, 0.1) is 0 Å². The van der Waals surface area contributed by atoms with E-state index < -0.39 is 4.88 Å². The first-order valence-corrected chi connectivity index (χ1v) is 1.41. The van der Waals surface area contributed by atoms with Gasteiger partial charge in [-0.25, -0.2) is 4.79 Å². The van der Waals surface area contributed by atoms with E-state index in [4.69, 9.17) is 9.90 Å². The Kier molecular flexibility index (Phi) is 25.4. The van der Waals surface area contributed by atoms with E-state index in [1.165, 1.54) is 0 Å². The molecular formula is CH2BrKO3. The molecule has 0 radical (unpaired) electrons. The average molecular weight is 181 g/mol. The molecule has 0 saturated heterocycles. The van der Waals surface area contributed by atoms with Crippen LogP contribution in [0.1, 0.15) is 0 Å². The van der Waals surface area contributed by atoms with Crippen molar-refractivity contribution in [3.8, 4) is 0 Å². The van der Waals surface area contributed by atoms with E-state index in [9.17, 15) is 0 Å². The average Bonchev–Trinajstić information content (AvgIpc) is 0.811. The van der Waals surface area contributed by atoms with Crippen LogP contribution >= 0.6 is 15.9 Å². The predicted octanol–water partition coefficient (Wildman–Crippen LogP) is -2.11. The van der Waals surface area contributed by atoms with Gasteiger partial charge < -0.3 is 10.6 Å². The standard InChI is InChI=1S/CHBrO2.K.H2O/c2-1(3)4;;/h(H,3,4);;1H2/q;+1;/p-1. The van der Waals surface area contributed by atoms with Crippen LogP contribution in [0.15, 0.2) is 0 Å². The van der Waals surface area contributed by atoms with Crippen molar-refractivity contribution in [1.82, 2.24) is 0 Å². The summed E-state index contributed by atoms with van der Waals surface area (Å²) in [7, 11) is 0. The topological polar surface area (TPSA) is 67.3 Å². The minimum absolute atomic E-state index is 0. The summed E-state index contributed by atoms with van der Waals surface area (Å²) in [5.41, 5.74) is 0. The summed E-state index contributed by atoms with van der Waals surface area (Å²) in [6.07, 6.45) is 0. The molecule has 0 aliphatic rings. The molecule has 0 bridgehead atoms. The van der Waals surface area contributed by atoms with Crippen molar-refractivity contribution < 1.29 is 66.8 Å². The molecule has 2 N–H and O–H groups in total. The summed E-state index contributed by atoms with van der Waals surface area (Å²) in [6, 6.07) is 0. The maximum Gasteiger partial charge on any atom is 1.00 e. The van der Waals surface area contributed by atoms with Crippen molar-refractivity contribution in [3.63, 3.8) is 0 Å². The number of halogens is 1. The van der Waals surface area contributed by atoms with Crippen molar-refractivity contribution in [2.24, 2.45) is 0 Å². The summed E-state index contributed by atoms with van der Waals surface area (Å²) in [5.74, 6) is 0. The number of carboxylic acid groups (broad SMARTS) is 1. The molecule has 0 aromatic heterocycles. The first-order chi connectivity index (χ1) is 1.73. The Labute approximate surface area is 86.0 Å². The fourth-order valence-electron chi connectivity index (χ4n) is 0. The summed E-state index contributed by atoms with van der Waals surface area (Å²) in [4.78, 5) is 7.90. The van der Waals surface area contributed by atoms with Crippen molar-refractivity contribution >= 4 is 20.8 Å². The molecule has 0 unspecified atom stereocenters. The van der Waals surface area contributed by atoms with Gasteiger partial charge in [0, 0.05) is 15.9 Å². The van der Waals surface area contributed by atoms with Gasteiger partial charge in [0.25, 0.3) is 0 Å². The number of hydrogen-bond acceptors (Lipinski definition) is 2. The summed E-state index contributed by atoms with van der Waals surface area (Å²) in [5, 5.41) is 7.33. The van der Waals surface area contributed by atoms with Crippen molar-refractivity contribution in [3.05, 3.63) is 0 Å². The largest absolute Gasteiger partial charge is 1.00 e. The Morgan fingerprint density at radius 2 is 1.67 bits per heavy atom. The van der Waals surface area contributed by atoms with Gasteiger partial charge in [-0.05, 0) is 0 Å². The fourth-order valence-corrected chi connectivity index (χ4v) is 0. The SMILES string of the molecule is O=C(O)Br.[K+].[OH-]. The maximum absolute atomic E-state index is 8.92. The van der Waals surface area contributed by atoms with E-state index in [-0.39, 0.29) is 56.9 Å². The number of hydrogen-bond donors (Lipinski definition) is 1. The van der Waals surface area contributed by atoms with Crippen molar-refractivity contribution in [1.29, 1.82) is 0 Å². The normalized spacial score (nSPS) is 4.17. The molecule has 0 amide bonds. The summed E-state index contributed by atoms with van der Waals surface area (Å²) in [6.45, 7) is 0. The summed E-state index contributed by atoms with van der Waals surface area (Å²) < 4.78 is 0. The third-order valence-electron chi connectivity index (χ3n) is 0. The Morgan fingerprint density at radius 3 is 1.67 bits per heavy atom. The molecule has 0 fully saturated rings. The van der Waals surface area contributed by atoms with Crippen LogP contribution in [0.4, 0.5) is 4.79 Å². The Hall–Kier alpha value is 1.55. The minimum atomic E-state index is -1.02. The Balaban J connectivity index is -0.0000000450. The molecule has 0 atom stereocenters. The van der Waals surface area contributed by atoms with Crippen LogP contribution in [0.5, 0.6) is 0 Å². The van der Waals surface area contributed by atoms with Gasteiger partial charge in [0.15, 0.2) is 0 Å². The molecule has 5 heteroatoms. The van der Waals surface area contributed by atoms with Crippen LogP contribution in [0.3, 0.4) is 0 Å². The Bertz CT molecular complexity index is 33.8. The maximum atomic E-state index is 8.92. The van der Waals surface area contributed by atoms with E-state index in [0.29, 0.717) is 0 Å². The quantitative estimate of drug-likeness (QED) is 0.343. The van der Waals surface area contributed by atoms with E-state index in [1.807, 2.05) is 0 Å². The molecular weight excluding hydrogens is 179 g/mol. The van der Waals surface area contributed by atoms with E-state index in [2.05, 4.69) is 15.9 Å².